The van der Waals surface area contributed by atoms with Crippen LogP contribution in [0.15, 0.2) is 18.2 Å². The lowest BCUT2D eigenvalue weighted by molar-refractivity contribution is 0.0907. The summed E-state index contributed by atoms with van der Waals surface area (Å²) in [6.45, 7) is 0. The standard InChI is InChI=1S/C15H18N2O3/c16-10-15(8-3-1-2-4-9-15)17-14(20)13-11(18)6-5-7-12(13)19/h5-7,18-19H,1-4,8-9H2,(H,17,20). The van der Waals surface area contributed by atoms with Crippen molar-refractivity contribution in [1.29, 1.82) is 5.26 Å². The monoisotopic (exact) mass is 274 g/mol. The fourth-order valence-electron chi connectivity index (χ4n) is 2.64. The summed E-state index contributed by atoms with van der Waals surface area (Å²) in [5.41, 5.74) is -1.08. The van der Waals surface area contributed by atoms with E-state index in [0.717, 1.165) is 25.7 Å². The molecule has 0 spiro atoms. The third-order valence-corrected chi connectivity index (χ3v) is 3.77. The molecule has 1 aromatic rings. The Balaban J connectivity index is 2.23. The Labute approximate surface area is 117 Å². The van der Waals surface area contributed by atoms with Gasteiger partial charge in [-0.25, -0.2) is 0 Å². The van der Waals surface area contributed by atoms with E-state index in [1.807, 2.05) is 0 Å². The molecule has 20 heavy (non-hydrogen) atoms. The fraction of sp³-hybridized carbons (Fsp3) is 0.467. The highest BCUT2D eigenvalue weighted by atomic mass is 16.3. The van der Waals surface area contributed by atoms with Crippen molar-refractivity contribution in [2.24, 2.45) is 0 Å². The minimum Gasteiger partial charge on any atom is -0.507 e. The van der Waals surface area contributed by atoms with Crippen molar-refractivity contribution >= 4 is 5.91 Å². The summed E-state index contributed by atoms with van der Waals surface area (Å²) in [6, 6.07) is 6.32. The molecule has 5 heteroatoms. The van der Waals surface area contributed by atoms with Gasteiger partial charge >= 0.3 is 0 Å². The third-order valence-electron chi connectivity index (χ3n) is 3.77. The number of hydrogen-bond donors (Lipinski definition) is 3. The van der Waals surface area contributed by atoms with Crippen molar-refractivity contribution in [3.63, 3.8) is 0 Å². The maximum absolute atomic E-state index is 12.2. The Hall–Kier alpha value is -2.22. The summed E-state index contributed by atoms with van der Waals surface area (Å²) in [6.07, 6.45) is 5.09. The maximum Gasteiger partial charge on any atom is 0.260 e. The number of phenols is 2. The van der Waals surface area contributed by atoms with Crippen molar-refractivity contribution < 1.29 is 15.0 Å². The Morgan fingerprint density at radius 2 is 1.70 bits per heavy atom. The number of rotatable bonds is 2. The molecule has 5 nitrogen and oxygen atoms in total. The zero-order valence-electron chi connectivity index (χ0n) is 11.2. The molecule has 0 heterocycles. The van der Waals surface area contributed by atoms with Gasteiger partial charge in [-0.1, -0.05) is 31.7 Å². The van der Waals surface area contributed by atoms with Crippen LogP contribution < -0.4 is 5.32 Å². The summed E-state index contributed by atoms with van der Waals surface area (Å²) in [5, 5.41) is 31.5. The van der Waals surface area contributed by atoms with E-state index in [4.69, 9.17) is 0 Å². The molecule has 0 aliphatic heterocycles. The molecule has 2 rings (SSSR count). The van der Waals surface area contributed by atoms with Crippen molar-refractivity contribution in [2.75, 3.05) is 0 Å². The Morgan fingerprint density at radius 3 is 2.20 bits per heavy atom. The lowest BCUT2D eigenvalue weighted by atomic mass is 9.91. The Morgan fingerprint density at radius 1 is 1.15 bits per heavy atom. The minimum atomic E-state index is -0.900. The third kappa shape index (κ3) is 2.85. The van der Waals surface area contributed by atoms with Gasteiger partial charge in [0.05, 0.1) is 6.07 Å². The quantitative estimate of drug-likeness (QED) is 0.722. The van der Waals surface area contributed by atoms with Gasteiger partial charge in [-0.05, 0) is 25.0 Å². The number of phenolic OH excluding ortho intramolecular Hbond substituents is 2. The molecule has 0 saturated heterocycles. The zero-order valence-corrected chi connectivity index (χ0v) is 11.2. The molecule has 0 atom stereocenters. The van der Waals surface area contributed by atoms with E-state index in [2.05, 4.69) is 11.4 Å². The van der Waals surface area contributed by atoms with Crippen LogP contribution in [0.3, 0.4) is 0 Å². The number of nitrogens with one attached hydrogen (secondary N) is 1. The first-order valence-electron chi connectivity index (χ1n) is 6.83. The van der Waals surface area contributed by atoms with Crippen LogP contribution in [-0.4, -0.2) is 21.7 Å². The molecule has 1 saturated carbocycles. The number of amides is 1. The van der Waals surface area contributed by atoms with E-state index in [1.165, 1.54) is 18.2 Å². The number of hydrogen-bond acceptors (Lipinski definition) is 4. The van der Waals surface area contributed by atoms with Crippen LogP contribution in [0.5, 0.6) is 11.5 Å². The molecule has 1 aromatic carbocycles. The van der Waals surface area contributed by atoms with Gasteiger partial charge < -0.3 is 15.5 Å². The molecule has 1 aliphatic carbocycles. The van der Waals surface area contributed by atoms with Crippen molar-refractivity contribution in [2.45, 2.75) is 44.1 Å². The van der Waals surface area contributed by atoms with Crippen LogP contribution in [0.25, 0.3) is 0 Å². The minimum absolute atomic E-state index is 0.175. The highest BCUT2D eigenvalue weighted by molar-refractivity contribution is 6.00. The molecule has 0 aromatic heterocycles. The normalized spacial score (nSPS) is 17.8. The van der Waals surface area contributed by atoms with Crippen LogP contribution in [0.1, 0.15) is 48.9 Å². The van der Waals surface area contributed by atoms with Gasteiger partial charge in [-0.2, -0.15) is 5.26 Å². The summed E-state index contributed by atoms with van der Waals surface area (Å²) in [5.74, 6) is -1.18. The molecular formula is C15H18N2O3. The predicted octanol–water partition coefficient (Wildman–Crippen LogP) is 2.44. The molecule has 1 aliphatic rings. The largest absolute Gasteiger partial charge is 0.507 e. The van der Waals surface area contributed by atoms with E-state index in [1.54, 1.807) is 0 Å². The van der Waals surface area contributed by atoms with Gasteiger partial charge in [0.1, 0.15) is 22.6 Å². The van der Waals surface area contributed by atoms with E-state index in [0.29, 0.717) is 12.8 Å². The number of carbonyl (C=O) groups excluding carboxylic acids is 1. The van der Waals surface area contributed by atoms with Gasteiger partial charge in [0.2, 0.25) is 0 Å². The Bertz CT molecular complexity index is 520. The lowest BCUT2D eigenvalue weighted by Gasteiger charge is -2.26. The second-order valence-corrected chi connectivity index (χ2v) is 5.23. The smallest absolute Gasteiger partial charge is 0.260 e. The van der Waals surface area contributed by atoms with Gasteiger partial charge in [0.15, 0.2) is 0 Å². The molecule has 1 amide bonds. The second kappa shape index (κ2) is 5.83. The molecule has 106 valence electrons. The van der Waals surface area contributed by atoms with E-state index < -0.39 is 11.4 Å². The number of carbonyl (C=O) groups is 1. The summed E-state index contributed by atoms with van der Waals surface area (Å²) in [4.78, 5) is 12.2. The fourth-order valence-corrected chi connectivity index (χ4v) is 2.64. The second-order valence-electron chi connectivity index (χ2n) is 5.23. The first-order valence-corrected chi connectivity index (χ1v) is 6.83. The summed E-state index contributed by atoms with van der Waals surface area (Å²) in [7, 11) is 0. The van der Waals surface area contributed by atoms with Crippen LogP contribution in [0.2, 0.25) is 0 Å². The number of aromatic hydroxyl groups is 2. The highest BCUT2D eigenvalue weighted by Crippen LogP contribution is 2.30. The highest BCUT2D eigenvalue weighted by Gasteiger charge is 2.34. The van der Waals surface area contributed by atoms with Crippen LogP contribution >= 0.6 is 0 Å². The van der Waals surface area contributed by atoms with Crippen LogP contribution in [0, 0.1) is 11.3 Å². The van der Waals surface area contributed by atoms with E-state index in [9.17, 15) is 20.3 Å². The zero-order chi connectivity index (χ0) is 14.6. The number of nitrogens with zero attached hydrogens (tertiary/aromatic N) is 1. The number of nitriles is 1. The lowest BCUT2D eigenvalue weighted by Crippen LogP contribution is -2.47. The summed E-state index contributed by atoms with van der Waals surface area (Å²) < 4.78 is 0. The molecule has 0 radical (unpaired) electrons. The summed E-state index contributed by atoms with van der Waals surface area (Å²) >= 11 is 0. The van der Waals surface area contributed by atoms with Crippen molar-refractivity contribution in [3.8, 4) is 17.6 Å². The van der Waals surface area contributed by atoms with Gasteiger partial charge in [-0.15, -0.1) is 0 Å². The molecular weight excluding hydrogens is 256 g/mol. The van der Waals surface area contributed by atoms with Gasteiger partial charge in [0, 0.05) is 0 Å². The van der Waals surface area contributed by atoms with Crippen molar-refractivity contribution in [3.05, 3.63) is 23.8 Å². The predicted molar refractivity (Wildman–Crippen MR) is 73.3 cm³/mol. The van der Waals surface area contributed by atoms with Crippen molar-refractivity contribution in [1.82, 2.24) is 5.32 Å². The first kappa shape index (κ1) is 14.2. The first-order chi connectivity index (χ1) is 9.58. The van der Waals surface area contributed by atoms with Gasteiger partial charge in [-0.3, -0.25) is 4.79 Å². The average Bonchev–Trinajstić information content (AvgIpc) is 2.64. The molecule has 3 N–H and O–H groups in total. The molecule has 0 bridgehead atoms. The molecule has 1 fully saturated rings. The topological polar surface area (TPSA) is 93.4 Å². The van der Waals surface area contributed by atoms with E-state index >= 15 is 0 Å². The number of benzene rings is 1. The SMILES string of the molecule is N#CC1(NC(=O)c2c(O)cccc2O)CCCCCC1. The molecule has 0 unspecified atom stereocenters. The van der Waals surface area contributed by atoms with Gasteiger partial charge in [0.25, 0.3) is 5.91 Å². The van der Waals surface area contributed by atoms with Crippen LogP contribution in [-0.2, 0) is 0 Å². The maximum atomic E-state index is 12.2. The average molecular weight is 274 g/mol. The van der Waals surface area contributed by atoms with E-state index in [-0.39, 0.29) is 17.1 Å². The van der Waals surface area contributed by atoms with Crippen LogP contribution in [0.4, 0.5) is 0 Å². The Kier molecular flexibility index (Phi) is 4.14.